The third kappa shape index (κ3) is 9.35. The van der Waals surface area contributed by atoms with E-state index in [2.05, 4.69) is 30.7 Å². The lowest BCUT2D eigenvalue weighted by Gasteiger charge is -2.08. The SMILES string of the molecule is N/C(=N\N=C\c1cccc[nH+]1)N/N=C/c1ccccn1.O=S(=O)([O-])C(F)(F)F. The van der Waals surface area contributed by atoms with E-state index in [0.717, 1.165) is 11.4 Å². The van der Waals surface area contributed by atoms with Gasteiger partial charge in [-0.15, -0.1) is 10.2 Å². The lowest BCUT2D eigenvalue weighted by molar-refractivity contribution is -0.379. The zero-order valence-corrected chi connectivity index (χ0v) is 14.7. The highest BCUT2D eigenvalue weighted by molar-refractivity contribution is 7.86. The highest BCUT2D eigenvalue weighted by Crippen LogP contribution is 2.20. The van der Waals surface area contributed by atoms with Crippen LogP contribution >= 0.6 is 0 Å². The summed E-state index contributed by atoms with van der Waals surface area (Å²) in [7, 11) is -6.09. The average molecular weight is 417 g/mol. The standard InChI is InChI=1S/C13H13N7.CHF3O3S/c14-13(19-17-9-11-5-1-3-7-15-11)20-18-10-12-6-2-4-8-16-12;2-1(3,4)8(5,6)7/h1-10H,(H3,14,19,20);(H,5,6,7)/b17-9+,18-10+;. The summed E-state index contributed by atoms with van der Waals surface area (Å²) < 4.78 is 58.9. The number of aromatic amines is 1. The first-order valence-corrected chi connectivity index (χ1v) is 8.56. The van der Waals surface area contributed by atoms with Crippen molar-refractivity contribution in [2.75, 3.05) is 0 Å². The van der Waals surface area contributed by atoms with Gasteiger partial charge in [0.05, 0.1) is 11.9 Å². The Morgan fingerprint density at radius 2 is 1.89 bits per heavy atom. The number of nitrogens with one attached hydrogen (secondary N) is 2. The molecule has 4 N–H and O–H groups in total. The predicted molar refractivity (Wildman–Crippen MR) is 92.9 cm³/mol. The molecular formula is C14H14F3N7O3S. The van der Waals surface area contributed by atoms with Crippen LogP contribution < -0.4 is 16.1 Å². The Kier molecular flexibility index (Phi) is 8.64. The molecule has 0 fully saturated rings. The van der Waals surface area contributed by atoms with Crippen LogP contribution in [0.3, 0.4) is 0 Å². The van der Waals surface area contributed by atoms with Gasteiger partial charge < -0.3 is 10.3 Å². The molecule has 0 aliphatic carbocycles. The van der Waals surface area contributed by atoms with Crippen molar-refractivity contribution in [3.63, 3.8) is 0 Å². The molecule has 2 rings (SSSR count). The molecule has 0 aromatic carbocycles. The van der Waals surface area contributed by atoms with E-state index >= 15 is 0 Å². The summed E-state index contributed by atoms with van der Waals surface area (Å²) in [6.07, 6.45) is 6.57. The van der Waals surface area contributed by atoms with Crippen LogP contribution in [-0.2, 0) is 10.1 Å². The molecule has 0 saturated heterocycles. The molecule has 0 radical (unpaired) electrons. The monoisotopic (exact) mass is 417 g/mol. The number of hydrogen-bond donors (Lipinski definition) is 2. The van der Waals surface area contributed by atoms with E-state index in [-0.39, 0.29) is 5.96 Å². The summed E-state index contributed by atoms with van der Waals surface area (Å²) in [5.74, 6) is 0.0874. The van der Waals surface area contributed by atoms with E-state index in [1.165, 1.54) is 6.21 Å². The zero-order valence-electron chi connectivity index (χ0n) is 13.9. The first-order chi connectivity index (χ1) is 13.1. The average Bonchev–Trinajstić information content (AvgIpc) is 2.62. The van der Waals surface area contributed by atoms with Crippen LogP contribution in [0.1, 0.15) is 11.4 Å². The van der Waals surface area contributed by atoms with Gasteiger partial charge in [-0.25, -0.2) is 18.8 Å². The summed E-state index contributed by atoms with van der Waals surface area (Å²) in [4.78, 5) is 7.06. The highest BCUT2D eigenvalue weighted by Gasteiger charge is 2.36. The van der Waals surface area contributed by atoms with Crippen molar-refractivity contribution in [2.24, 2.45) is 21.0 Å². The van der Waals surface area contributed by atoms with Crippen molar-refractivity contribution in [1.29, 1.82) is 0 Å². The molecule has 0 aliphatic heterocycles. The maximum absolute atomic E-state index is 10.7. The Bertz CT molecular complexity index is 918. The van der Waals surface area contributed by atoms with Crippen LogP contribution in [0.2, 0.25) is 0 Å². The van der Waals surface area contributed by atoms with Crippen LogP contribution in [-0.4, -0.2) is 41.9 Å². The summed E-state index contributed by atoms with van der Waals surface area (Å²) in [5, 5.41) is 11.5. The van der Waals surface area contributed by atoms with Crippen LogP contribution in [0.5, 0.6) is 0 Å². The molecule has 0 bridgehead atoms. The molecule has 2 aromatic heterocycles. The fourth-order valence-corrected chi connectivity index (χ4v) is 1.28. The number of hydrazone groups is 1. The molecule has 150 valence electrons. The van der Waals surface area contributed by atoms with Gasteiger partial charge in [-0.1, -0.05) is 6.07 Å². The Morgan fingerprint density at radius 1 is 1.21 bits per heavy atom. The minimum Gasteiger partial charge on any atom is -0.741 e. The zero-order chi connectivity index (χ0) is 21.0. The number of rotatable bonds is 4. The van der Waals surface area contributed by atoms with Gasteiger partial charge in [-0.3, -0.25) is 4.98 Å². The van der Waals surface area contributed by atoms with E-state index in [0.29, 0.717) is 0 Å². The van der Waals surface area contributed by atoms with Crippen molar-refractivity contribution in [3.05, 3.63) is 60.2 Å². The van der Waals surface area contributed by atoms with Crippen molar-refractivity contribution in [1.82, 2.24) is 10.4 Å². The maximum atomic E-state index is 10.7. The molecule has 0 aliphatic rings. The molecule has 0 saturated carbocycles. The van der Waals surface area contributed by atoms with Gasteiger partial charge in [-0.2, -0.15) is 18.3 Å². The predicted octanol–water partition coefficient (Wildman–Crippen LogP) is 0.219. The fraction of sp³-hybridized carbons (Fsp3) is 0.0714. The number of nitrogens with two attached hydrogens (primary N) is 1. The van der Waals surface area contributed by atoms with Crippen molar-refractivity contribution in [3.8, 4) is 0 Å². The number of alkyl halides is 3. The first-order valence-electron chi connectivity index (χ1n) is 7.15. The van der Waals surface area contributed by atoms with E-state index in [9.17, 15) is 13.2 Å². The topological polar surface area (TPSA) is 159 Å². The lowest BCUT2D eigenvalue weighted by Crippen LogP contribution is -2.26. The largest absolute Gasteiger partial charge is 0.741 e. The summed E-state index contributed by atoms with van der Waals surface area (Å²) >= 11 is 0. The van der Waals surface area contributed by atoms with E-state index in [1.807, 2.05) is 36.4 Å². The summed E-state index contributed by atoms with van der Waals surface area (Å²) in [6, 6.07) is 11.1. The second-order valence-corrected chi connectivity index (χ2v) is 5.94. The van der Waals surface area contributed by atoms with Gasteiger partial charge >= 0.3 is 5.51 Å². The number of H-pyrrole nitrogens is 1. The third-order valence-corrected chi connectivity index (χ3v) is 3.01. The Morgan fingerprint density at radius 3 is 2.43 bits per heavy atom. The number of pyridine rings is 2. The van der Waals surface area contributed by atoms with E-state index < -0.39 is 15.6 Å². The van der Waals surface area contributed by atoms with Crippen LogP contribution in [0.25, 0.3) is 0 Å². The minimum absolute atomic E-state index is 0.0874. The highest BCUT2D eigenvalue weighted by atomic mass is 32.2. The number of hydrogen-bond acceptors (Lipinski definition) is 7. The first kappa shape index (κ1) is 22.7. The molecular weight excluding hydrogens is 403 g/mol. The summed E-state index contributed by atoms with van der Waals surface area (Å²) in [6.45, 7) is 0. The molecule has 2 aromatic rings. The molecule has 10 nitrogen and oxygen atoms in total. The van der Waals surface area contributed by atoms with Gasteiger partial charge in [-0.05, 0) is 18.2 Å². The van der Waals surface area contributed by atoms with Gasteiger partial charge in [0.25, 0.3) is 0 Å². The van der Waals surface area contributed by atoms with Gasteiger partial charge in [0.2, 0.25) is 11.7 Å². The number of halogens is 3. The van der Waals surface area contributed by atoms with Crippen LogP contribution in [0.15, 0.2) is 64.1 Å². The second kappa shape index (κ2) is 10.7. The van der Waals surface area contributed by atoms with Crippen molar-refractivity contribution < 1.29 is 31.1 Å². The fourth-order valence-electron chi connectivity index (χ4n) is 1.28. The second-order valence-electron chi connectivity index (χ2n) is 4.57. The minimum atomic E-state index is -6.09. The molecule has 14 heteroatoms. The molecule has 28 heavy (non-hydrogen) atoms. The number of guanidine groups is 1. The smallest absolute Gasteiger partial charge is 0.485 e. The van der Waals surface area contributed by atoms with Gasteiger partial charge in [0, 0.05) is 18.3 Å². The molecule has 0 spiro atoms. The van der Waals surface area contributed by atoms with Crippen molar-refractivity contribution >= 4 is 28.5 Å². The van der Waals surface area contributed by atoms with E-state index in [1.54, 1.807) is 18.6 Å². The lowest BCUT2D eigenvalue weighted by atomic mass is 10.4. The van der Waals surface area contributed by atoms with E-state index in [4.69, 9.17) is 18.7 Å². The molecule has 0 unspecified atom stereocenters. The van der Waals surface area contributed by atoms with Crippen LogP contribution in [0, 0.1) is 0 Å². The third-order valence-electron chi connectivity index (χ3n) is 2.44. The quantitative estimate of drug-likeness (QED) is 0.238. The Balaban J connectivity index is 0.000000416. The maximum Gasteiger partial charge on any atom is 0.485 e. The van der Waals surface area contributed by atoms with Gasteiger partial charge in [0.15, 0.2) is 16.3 Å². The number of nitrogens with zero attached hydrogens (tertiary/aromatic N) is 4. The summed E-state index contributed by atoms with van der Waals surface area (Å²) in [5.41, 5.74) is 4.03. The molecule has 2 heterocycles. The number of aromatic nitrogens is 2. The van der Waals surface area contributed by atoms with Crippen LogP contribution in [0.4, 0.5) is 13.2 Å². The molecule has 0 amide bonds. The van der Waals surface area contributed by atoms with Crippen molar-refractivity contribution in [2.45, 2.75) is 5.51 Å². The Labute approximate surface area is 157 Å². The van der Waals surface area contributed by atoms with Gasteiger partial charge in [0.1, 0.15) is 6.21 Å². The normalized spacial score (nSPS) is 12.6. The Hall–Kier alpha value is -3.39. The molecule has 0 atom stereocenters.